The summed E-state index contributed by atoms with van der Waals surface area (Å²) in [6, 6.07) is 0. The lowest BCUT2D eigenvalue weighted by Gasteiger charge is -1.99. The van der Waals surface area contributed by atoms with Gasteiger partial charge in [0.2, 0.25) is 0 Å². The van der Waals surface area contributed by atoms with Crippen LogP contribution < -0.4 is 5.73 Å². The molecule has 0 aromatic carbocycles. The van der Waals surface area contributed by atoms with Gasteiger partial charge in [0.05, 0.1) is 0 Å². The Hall–Kier alpha value is -0.0800. The van der Waals surface area contributed by atoms with Gasteiger partial charge in [-0.05, 0) is 12.8 Å². The molecule has 0 atom stereocenters. The van der Waals surface area contributed by atoms with Crippen molar-refractivity contribution in [3.8, 4) is 0 Å². The molecule has 0 aliphatic heterocycles. The van der Waals surface area contributed by atoms with Crippen molar-refractivity contribution in [1.29, 1.82) is 0 Å². The predicted octanol–water partition coefficient (Wildman–Crippen LogP) is 2.38. The summed E-state index contributed by atoms with van der Waals surface area (Å²) < 4.78 is 0. The highest BCUT2D eigenvalue weighted by Crippen LogP contribution is 2.07. The van der Waals surface area contributed by atoms with Gasteiger partial charge in [-0.1, -0.05) is 38.5 Å². The Morgan fingerprint density at radius 1 is 0.667 bits per heavy atom. The molecular formula is C10H22NO. The average molecular weight is 172 g/mol. The van der Waals surface area contributed by atoms with E-state index in [0.29, 0.717) is 13.2 Å². The van der Waals surface area contributed by atoms with Crippen molar-refractivity contribution in [2.75, 3.05) is 13.2 Å². The van der Waals surface area contributed by atoms with Crippen LogP contribution in [0.1, 0.15) is 51.4 Å². The first kappa shape index (κ1) is 11.9. The molecule has 0 aliphatic carbocycles. The second-order valence-electron chi connectivity index (χ2n) is 3.30. The van der Waals surface area contributed by atoms with Crippen LogP contribution in [0, 0.1) is 0 Å². The maximum Gasteiger partial charge on any atom is 0.0431 e. The number of hydrogen-bond donors (Lipinski definition) is 1. The van der Waals surface area contributed by atoms with E-state index in [9.17, 15) is 0 Å². The molecular weight excluding hydrogens is 150 g/mol. The molecule has 2 heteroatoms. The van der Waals surface area contributed by atoms with Crippen LogP contribution in [0.5, 0.6) is 0 Å². The van der Waals surface area contributed by atoms with E-state index in [4.69, 9.17) is 10.8 Å². The normalized spacial score (nSPS) is 10.5. The average Bonchev–Trinajstić information content (AvgIpc) is 2.10. The number of rotatable bonds is 9. The Kier molecular flexibility index (Phi) is 10.8. The third-order valence-electron chi connectivity index (χ3n) is 2.08. The summed E-state index contributed by atoms with van der Waals surface area (Å²) in [7, 11) is 0. The monoisotopic (exact) mass is 172 g/mol. The fourth-order valence-electron chi connectivity index (χ4n) is 1.30. The van der Waals surface area contributed by atoms with Gasteiger partial charge in [0.1, 0.15) is 0 Å². The lowest BCUT2D eigenvalue weighted by atomic mass is 10.1. The zero-order valence-corrected chi connectivity index (χ0v) is 8.02. The summed E-state index contributed by atoms with van der Waals surface area (Å²) in [5.74, 6) is 0. The van der Waals surface area contributed by atoms with Crippen molar-refractivity contribution >= 4 is 0 Å². The van der Waals surface area contributed by atoms with E-state index >= 15 is 0 Å². The highest BCUT2D eigenvalue weighted by atomic mass is 16.2. The Morgan fingerprint density at radius 3 is 1.50 bits per heavy atom. The number of aliphatic hydroxyl groups excluding tert-OH is 1. The summed E-state index contributed by atoms with van der Waals surface area (Å²) in [6.07, 6.45) is 9.60. The molecule has 0 fully saturated rings. The second-order valence-corrected chi connectivity index (χ2v) is 3.30. The number of nitrogens with one attached hydrogen (secondary N) is 1. The molecule has 0 unspecified atom stereocenters. The van der Waals surface area contributed by atoms with Crippen LogP contribution in [0.3, 0.4) is 0 Å². The van der Waals surface area contributed by atoms with Crippen LogP contribution >= 0.6 is 0 Å². The Morgan fingerprint density at radius 2 is 1.08 bits per heavy atom. The van der Waals surface area contributed by atoms with E-state index in [1.165, 1.54) is 38.5 Å². The van der Waals surface area contributed by atoms with E-state index < -0.39 is 0 Å². The highest BCUT2D eigenvalue weighted by molar-refractivity contribution is 4.46. The summed E-state index contributed by atoms with van der Waals surface area (Å²) in [5.41, 5.74) is 6.95. The first-order valence-corrected chi connectivity index (χ1v) is 5.17. The molecule has 0 aromatic rings. The lowest BCUT2D eigenvalue weighted by Crippen LogP contribution is -1.86. The summed E-state index contributed by atoms with van der Waals surface area (Å²) in [6.45, 7) is 0.934. The predicted molar refractivity (Wildman–Crippen MR) is 52.0 cm³/mol. The van der Waals surface area contributed by atoms with Crippen LogP contribution in [0.4, 0.5) is 0 Å². The zero-order valence-electron chi connectivity index (χ0n) is 8.02. The van der Waals surface area contributed by atoms with Crippen molar-refractivity contribution in [2.24, 2.45) is 0 Å². The van der Waals surface area contributed by atoms with Crippen molar-refractivity contribution in [3.63, 3.8) is 0 Å². The number of unbranched alkanes of at least 4 members (excludes halogenated alkanes) is 7. The minimum atomic E-state index is 0.346. The van der Waals surface area contributed by atoms with E-state index in [0.717, 1.165) is 12.8 Å². The van der Waals surface area contributed by atoms with E-state index in [2.05, 4.69) is 0 Å². The van der Waals surface area contributed by atoms with E-state index in [-0.39, 0.29) is 0 Å². The van der Waals surface area contributed by atoms with Gasteiger partial charge < -0.3 is 5.11 Å². The fraction of sp³-hybridized carbons (Fsp3) is 1.00. The van der Waals surface area contributed by atoms with Gasteiger partial charge in [-0.25, -0.2) is 0 Å². The van der Waals surface area contributed by atoms with Crippen molar-refractivity contribution in [2.45, 2.75) is 51.4 Å². The maximum absolute atomic E-state index is 8.52. The van der Waals surface area contributed by atoms with Crippen LogP contribution in [-0.2, 0) is 0 Å². The Bertz CT molecular complexity index is 66.2. The van der Waals surface area contributed by atoms with Crippen molar-refractivity contribution < 1.29 is 5.11 Å². The minimum Gasteiger partial charge on any atom is -0.396 e. The van der Waals surface area contributed by atoms with Gasteiger partial charge in [0.25, 0.3) is 0 Å². The molecule has 2 nitrogen and oxygen atoms in total. The third-order valence-corrected chi connectivity index (χ3v) is 2.08. The second kappa shape index (κ2) is 10.9. The zero-order chi connectivity index (χ0) is 9.07. The van der Waals surface area contributed by atoms with Gasteiger partial charge in [0, 0.05) is 13.2 Å². The number of hydrogen-bond acceptors (Lipinski definition) is 1. The van der Waals surface area contributed by atoms with Gasteiger partial charge in [-0.3, -0.25) is 5.73 Å². The van der Waals surface area contributed by atoms with Crippen molar-refractivity contribution in [1.82, 2.24) is 5.73 Å². The summed E-state index contributed by atoms with van der Waals surface area (Å²) in [5, 5.41) is 8.52. The molecule has 0 bridgehead atoms. The molecule has 0 aliphatic rings. The molecule has 0 amide bonds. The first-order valence-electron chi connectivity index (χ1n) is 5.17. The smallest absolute Gasteiger partial charge is 0.0431 e. The third kappa shape index (κ3) is 9.92. The maximum atomic E-state index is 8.52. The topological polar surface area (TPSA) is 44.0 Å². The van der Waals surface area contributed by atoms with Gasteiger partial charge >= 0.3 is 0 Å². The molecule has 73 valence electrons. The SMILES string of the molecule is [NH]CCCCCCCCCCO. The van der Waals surface area contributed by atoms with E-state index in [1.54, 1.807) is 0 Å². The van der Waals surface area contributed by atoms with Crippen molar-refractivity contribution in [3.05, 3.63) is 0 Å². The number of aliphatic hydroxyl groups is 1. The fourth-order valence-corrected chi connectivity index (χ4v) is 1.30. The Balaban J connectivity index is 2.73. The van der Waals surface area contributed by atoms with Gasteiger partial charge in [-0.2, -0.15) is 0 Å². The highest BCUT2D eigenvalue weighted by Gasteiger charge is 1.90. The minimum absolute atomic E-state index is 0.346. The molecule has 0 aromatic heterocycles. The van der Waals surface area contributed by atoms with Crippen LogP contribution in [-0.4, -0.2) is 18.3 Å². The largest absolute Gasteiger partial charge is 0.396 e. The van der Waals surface area contributed by atoms with Crippen LogP contribution in [0.2, 0.25) is 0 Å². The van der Waals surface area contributed by atoms with Gasteiger partial charge in [-0.15, -0.1) is 0 Å². The standard InChI is InChI=1S/C10H22NO/c11-9-7-5-3-1-2-4-6-8-10-12/h11-12H,1-10H2. The molecule has 2 N–H and O–H groups in total. The molecule has 0 spiro atoms. The molecule has 0 saturated heterocycles. The first-order chi connectivity index (χ1) is 5.91. The molecule has 0 rings (SSSR count). The lowest BCUT2D eigenvalue weighted by molar-refractivity contribution is 0.282. The molecule has 12 heavy (non-hydrogen) atoms. The van der Waals surface area contributed by atoms with E-state index in [1.807, 2.05) is 0 Å². The van der Waals surface area contributed by atoms with Crippen LogP contribution in [0.25, 0.3) is 0 Å². The van der Waals surface area contributed by atoms with Crippen LogP contribution in [0.15, 0.2) is 0 Å². The Labute approximate surface area is 76.2 Å². The molecule has 0 heterocycles. The molecule has 0 saturated carbocycles. The van der Waals surface area contributed by atoms with Gasteiger partial charge in [0.15, 0.2) is 0 Å². The molecule has 1 radical (unpaired) electrons. The quantitative estimate of drug-likeness (QED) is 0.533. The summed E-state index contributed by atoms with van der Waals surface area (Å²) in [4.78, 5) is 0. The summed E-state index contributed by atoms with van der Waals surface area (Å²) >= 11 is 0.